The van der Waals surface area contributed by atoms with Gasteiger partial charge in [0.25, 0.3) is 0 Å². The fraction of sp³-hybridized carbons (Fsp3) is 0.481. The Morgan fingerprint density at radius 1 is 1.03 bits per heavy atom. The summed E-state index contributed by atoms with van der Waals surface area (Å²) < 4.78 is 6.01. The second-order valence-electron chi connectivity index (χ2n) is 8.88. The van der Waals surface area contributed by atoms with E-state index in [1.54, 1.807) is 0 Å². The molecule has 2 aromatic rings. The highest BCUT2D eigenvalue weighted by molar-refractivity contribution is 5.72. The molecule has 0 amide bonds. The van der Waals surface area contributed by atoms with Crippen LogP contribution in [0.1, 0.15) is 62.6 Å². The van der Waals surface area contributed by atoms with Gasteiger partial charge in [-0.25, -0.2) is 0 Å². The van der Waals surface area contributed by atoms with E-state index in [1.807, 2.05) is 0 Å². The average Bonchev–Trinajstić information content (AvgIpc) is 2.80. The Morgan fingerprint density at radius 3 is 2.53 bits per heavy atom. The Kier molecular flexibility index (Phi) is 6.60. The van der Waals surface area contributed by atoms with Crippen LogP contribution in [0.4, 0.5) is 0 Å². The highest BCUT2D eigenvalue weighted by atomic mass is 16.5. The summed E-state index contributed by atoms with van der Waals surface area (Å²) >= 11 is 0. The molecule has 1 aliphatic carbocycles. The molecule has 1 aliphatic heterocycles. The van der Waals surface area contributed by atoms with Crippen molar-refractivity contribution in [1.82, 2.24) is 10.2 Å². The molecule has 0 bridgehead atoms. The number of hydrogen-bond acceptors (Lipinski definition) is 3. The monoisotopic (exact) mass is 404 g/mol. The van der Waals surface area contributed by atoms with Crippen LogP contribution in [0.15, 0.2) is 54.6 Å². The maximum Gasteiger partial charge on any atom is 0.126 e. The van der Waals surface area contributed by atoms with Gasteiger partial charge in [-0.2, -0.15) is 0 Å². The molecule has 0 saturated carbocycles. The molecule has 2 aromatic carbocycles. The number of allylic oxidation sites excluding steroid dienone is 1. The van der Waals surface area contributed by atoms with E-state index in [0.29, 0.717) is 12.5 Å². The molecular weight excluding hydrogens is 368 g/mol. The first-order chi connectivity index (χ1) is 14.7. The number of piperazine rings is 1. The van der Waals surface area contributed by atoms with Crippen molar-refractivity contribution >= 4 is 5.57 Å². The molecule has 1 unspecified atom stereocenters. The number of para-hydroxylation sites is 1. The van der Waals surface area contributed by atoms with Gasteiger partial charge in [-0.15, -0.1) is 0 Å². The van der Waals surface area contributed by atoms with E-state index in [9.17, 15) is 0 Å². The van der Waals surface area contributed by atoms with E-state index < -0.39 is 0 Å². The van der Waals surface area contributed by atoms with Gasteiger partial charge in [0.1, 0.15) is 5.75 Å². The topological polar surface area (TPSA) is 24.5 Å². The first kappa shape index (κ1) is 21.1. The first-order valence-corrected chi connectivity index (χ1v) is 11.6. The minimum atomic E-state index is 0.0480. The summed E-state index contributed by atoms with van der Waals surface area (Å²) in [5, 5.41) is 3.55. The van der Waals surface area contributed by atoms with Crippen LogP contribution in [0.2, 0.25) is 0 Å². The molecule has 1 N–H and O–H groups in total. The summed E-state index contributed by atoms with van der Waals surface area (Å²) in [4.78, 5) is 2.76. The first-order valence-electron chi connectivity index (χ1n) is 11.6. The Balaban J connectivity index is 1.80. The van der Waals surface area contributed by atoms with Gasteiger partial charge in [-0.3, -0.25) is 4.90 Å². The minimum absolute atomic E-state index is 0.0480. The highest BCUT2D eigenvalue weighted by Gasteiger charge is 2.42. The molecule has 0 radical (unpaired) electrons. The van der Waals surface area contributed by atoms with Crippen LogP contribution in [-0.4, -0.2) is 37.7 Å². The average molecular weight is 405 g/mol. The third kappa shape index (κ3) is 4.06. The fourth-order valence-electron chi connectivity index (χ4n) is 5.37. The quantitative estimate of drug-likeness (QED) is 0.680. The number of nitrogens with zero attached hydrogens (tertiary/aromatic N) is 1. The van der Waals surface area contributed by atoms with E-state index in [2.05, 4.69) is 85.6 Å². The third-order valence-corrected chi connectivity index (χ3v) is 6.77. The van der Waals surface area contributed by atoms with Crippen LogP contribution in [-0.2, 0) is 5.54 Å². The van der Waals surface area contributed by atoms with Crippen LogP contribution in [0.3, 0.4) is 0 Å². The van der Waals surface area contributed by atoms with Gasteiger partial charge in [-0.1, -0.05) is 62.4 Å². The summed E-state index contributed by atoms with van der Waals surface area (Å²) in [6.45, 7) is 11.8. The van der Waals surface area contributed by atoms with Gasteiger partial charge in [0.2, 0.25) is 0 Å². The van der Waals surface area contributed by atoms with Crippen LogP contribution >= 0.6 is 0 Å². The molecule has 0 aromatic heterocycles. The van der Waals surface area contributed by atoms with E-state index in [1.165, 1.54) is 28.7 Å². The van der Waals surface area contributed by atoms with Crippen LogP contribution in [0, 0.1) is 0 Å². The lowest BCUT2D eigenvalue weighted by Gasteiger charge is -2.50. The van der Waals surface area contributed by atoms with E-state index in [4.69, 9.17) is 4.74 Å². The van der Waals surface area contributed by atoms with Gasteiger partial charge in [-0.05, 0) is 54.9 Å². The number of ether oxygens (including phenoxy) is 1. The summed E-state index contributed by atoms with van der Waals surface area (Å²) in [6, 6.07) is 17.7. The molecule has 3 nitrogen and oxygen atoms in total. The number of benzene rings is 2. The fourth-order valence-corrected chi connectivity index (χ4v) is 5.37. The lowest BCUT2D eigenvalue weighted by atomic mass is 9.71. The molecule has 30 heavy (non-hydrogen) atoms. The maximum absolute atomic E-state index is 6.01. The van der Waals surface area contributed by atoms with E-state index >= 15 is 0 Å². The second-order valence-corrected chi connectivity index (χ2v) is 8.88. The van der Waals surface area contributed by atoms with Crippen molar-refractivity contribution in [2.24, 2.45) is 0 Å². The van der Waals surface area contributed by atoms with Gasteiger partial charge < -0.3 is 10.1 Å². The molecule has 4 rings (SSSR count). The van der Waals surface area contributed by atoms with Crippen molar-refractivity contribution in [3.05, 3.63) is 71.3 Å². The Bertz CT molecular complexity index is 882. The molecule has 1 atom stereocenters. The van der Waals surface area contributed by atoms with Crippen molar-refractivity contribution in [3.63, 3.8) is 0 Å². The summed E-state index contributed by atoms with van der Waals surface area (Å²) in [6.07, 6.45) is 5.78. The Hall–Kier alpha value is -2.10. The highest BCUT2D eigenvalue weighted by Crippen LogP contribution is 2.48. The number of rotatable bonds is 6. The predicted molar refractivity (Wildman–Crippen MR) is 126 cm³/mol. The van der Waals surface area contributed by atoms with Crippen LogP contribution in [0.25, 0.3) is 5.57 Å². The van der Waals surface area contributed by atoms with Crippen molar-refractivity contribution < 1.29 is 4.74 Å². The molecule has 1 heterocycles. The molecule has 0 spiro atoms. The molecule has 160 valence electrons. The molecule has 2 aliphatic rings. The smallest absolute Gasteiger partial charge is 0.126 e. The Morgan fingerprint density at radius 2 is 1.77 bits per heavy atom. The Labute approximate surface area is 182 Å². The molecule has 3 heteroatoms. The maximum atomic E-state index is 6.01. The van der Waals surface area contributed by atoms with Crippen molar-refractivity contribution in [2.75, 3.05) is 32.8 Å². The zero-order chi connectivity index (χ0) is 21.0. The van der Waals surface area contributed by atoms with Crippen molar-refractivity contribution in [2.45, 2.75) is 51.5 Å². The van der Waals surface area contributed by atoms with Crippen molar-refractivity contribution in [1.29, 1.82) is 0 Å². The van der Waals surface area contributed by atoms with Gasteiger partial charge >= 0.3 is 0 Å². The number of nitrogens with one attached hydrogen (secondary N) is 1. The summed E-state index contributed by atoms with van der Waals surface area (Å²) in [5.74, 6) is 1.53. The third-order valence-electron chi connectivity index (χ3n) is 6.77. The van der Waals surface area contributed by atoms with Gasteiger partial charge in [0.05, 0.1) is 12.1 Å². The SMILES string of the molecule is CCOc1ccccc1C1=CCCC(c2ccccc2C(C)C)(N2CCNCC2)C1. The predicted octanol–water partition coefficient (Wildman–Crippen LogP) is 5.58. The van der Waals surface area contributed by atoms with Gasteiger partial charge in [0, 0.05) is 31.7 Å². The zero-order valence-corrected chi connectivity index (χ0v) is 18.8. The van der Waals surface area contributed by atoms with E-state index in [-0.39, 0.29) is 5.54 Å². The lowest BCUT2D eigenvalue weighted by molar-refractivity contribution is 0.0628. The summed E-state index contributed by atoms with van der Waals surface area (Å²) in [5.41, 5.74) is 5.77. The van der Waals surface area contributed by atoms with E-state index in [0.717, 1.165) is 44.8 Å². The zero-order valence-electron chi connectivity index (χ0n) is 18.8. The van der Waals surface area contributed by atoms with Crippen LogP contribution in [0.5, 0.6) is 5.75 Å². The lowest BCUT2D eigenvalue weighted by Crippen LogP contribution is -2.55. The molecular formula is C27H36N2O. The second kappa shape index (κ2) is 9.36. The normalized spacial score (nSPS) is 22.7. The minimum Gasteiger partial charge on any atom is -0.493 e. The largest absolute Gasteiger partial charge is 0.493 e. The molecule has 1 saturated heterocycles. The van der Waals surface area contributed by atoms with Crippen molar-refractivity contribution in [3.8, 4) is 5.75 Å². The molecule has 1 fully saturated rings. The van der Waals surface area contributed by atoms with Crippen LogP contribution < -0.4 is 10.1 Å². The summed E-state index contributed by atoms with van der Waals surface area (Å²) in [7, 11) is 0. The standard InChI is InChI=1S/C27H36N2O/c1-4-30-26-14-8-6-12-24(26)22-10-9-15-27(20-22,29-18-16-28-17-19-29)25-13-7-5-11-23(25)21(2)3/h5-8,10-14,21,28H,4,9,15-20H2,1-3H3. The number of hydrogen-bond donors (Lipinski definition) is 1. The van der Waals surface area contributed by atoms with Gasteiger partial charge in [0.15, 0.2) is 0 Å².